The SMILES string of the molecule is O=C([O-])CC(O)(O)C(=O)[O-].O=C([O-])CC(O)(O)C(=O)[O-].[Ca+2].[Ca+2]. The largest absolute Gasteiger partial charge is 2.00 e. The zero-order valence-electron chi connectivity index (χ0n) is 10.9. The van der Waals surface area contributed by atoms with E-state index in [4.69, 9.17) is 20.4 Å². The Hall–Kier alpha value is 0.239. The van der Waals surface area contributed by atoms with Gasteiger partial charge in [-0.05, 0) is 0 Å². The molecule has 0 heterocycles. The maximum atomic E-state index is 9.65. The van der Waals surface area contributed by atoms with Crippen LogP contribution in [0.1, 0.15) is 12.8 Å². The minimum absolute atomic E-state index is 0. The summed E-state index contributed by atoms with van der Waals surface area (Å²) in [5, 5.41) is 71.4. The van der Waals surface area contributed by atoms with Gasteiger partial charge in [0.25, 0.3) is 0 Å². The van der Waals surface area contributed by atoms with Crippen molar-refractivity contribution in [1.29, 1.82) is 0 Å². The van der Waals surface area contributed by atoms with E-state index in [1.807, 2.05) is 0 Å². The molecule has 0 bridgehead atoms. The second-order valence-corrected chi connectivity index (χ2v) is 3.31. The van der Waals surface area contributed by atoms with Crippen LogP contribution in [-0.4, -0.2) is 131 Å². The first-order valence-corrected chi connectivity index (χ1v) is 4.44. The quantitative estimate of drug-likeness (QED) is 0.249. The number of carboxylic acids is 4. The summed E-state index contributed by atoms with van der Waals surface area (Å²) < 4.78 is 0. The van der Waals surface area contributed by atoms with Crippen molar-refractivity contribution in [2.45, 2.75) is 24.4 Å². The van der Waals surface area contributed by atoms with Crippen LogP contribution < -0.4 is 20.4 Å². The van der Waals surface area contributed by atoms with Crippen LogP contribution in [0, 0.1) is 0 Å². The molecule has 0 aromatic rings. The van der Waals surface area contributed by atoms with Crippen LogP contribution in [0.3, 0.4) is 0 Å². The van der Waals surface area contributed by atoms with Crippen molar-refractivity contribution >= 4 is 99.4 Å². The molecule has 12 nitrogen and oxygen atoms in total. The van der Waals surface area contributed by atoms with E-state index < -0.39 is 48.3 Å². The Morgan fingerprint density at radius 3 is 0.864 bits per heavy atom. The number of carbonyl (C=O) groups excluding carboxylic acids is 4. The van der Waals surface area contributed by atoms with Crippen molar-refractivity contribution < 1.29 is 60.0 Å². The zero-order chi connectivity index (χ0) is 16.7. The molecule has 0 amide bonds. The van der Waals surface area contributed by atoms with E-state index in [2.05, 4.69) is 0 Å². The third-order valence-electron chi connectivity index (χ3n) is 1.44. The normalized spacial score (nSPS) is 10.0. The summed E-state index contributed by atoms with van der Waals surface area (Å²) in [7, 11) is 0. The number of rotatable bonds is 6. The molecule has 0 aliphatic carbocycles. The first kappa shape index (κ1) is 30.2. The molecule has 0 unspecified atom stereocenters. The van der Waals surface area contributed by atoms with Crippen LogP contribution in [0.2, 0.25) is 0 Å². The summed E-state index contributed by atoms with van der Waals surface area (Å²) in [4.78, 5) is 38.5. The molecule has 0 saturated carbocycles. The molecule has 14 heteroatoms. The Morgan fingerprint density at radius 2 is 0.818 bits per heavy atom. The van der Waals surface area contributed by atoms with Crippen molar-refractivity contribution in [2.75, 3.05) is 0 Å². The number of hydrogen-bond donors (Lipinski definition) is 4. The van der Waals surface area contributed by atoms with E-state index in [0.29, 0.717) is 0 Å². The van der Waals surface area contributed by atoms with Gasteiger partial charge in [0.2, 0.25) is 11.6 Å². The Kier molecular flexibility index (Phi) is 17.3. The van der Waals surface area contributed by atoms with Crippen LogP contribution in [0.25, 0.3) is 0 Å². The van der Waals surface area contributed by atoms with Crippen LogP contribution in [0.5, 0.6) is 0 Å². The summed E-state index contributed by atoms with van der Waals surface area (Å²) >= 11 is 0. The average Bonchev–Trinajstić information content (AvgIpc) is 2.13. The minimum Gasteiger partial charge on any atom is -0.550 e. The van der Waals surface area contributed by atoms with E-state index in [1.165, 1.54) is 0 Å². The van der Waals surface area contributed by atoms with Gasteiger partial charge in [0, 0.05) is 24.8 Å². The second-order valence-electron chi connectivity index (χ2n) is 3.31. The molecule has 0 fully saturated rings. The monoisotopic (exact) mass is 376 g/mol. The first-order chi connectivity index (χ1) is 8.72. The fourth-order valence-corrected chi connectivity index (χ4v) is 0.547. The van der Waals surface area contributed by atoms with Crippen LogP contribution in [0.15, 0.2) is 0 Å². The molecular weight excluding hydrogens is 368 g/mol. The molecule has 0 aliphatic rings. The maximum absolute atomic E-state index is 9.65. The van der Waals surface area contributed by atoms with Crippen molar-refractivity contribution in [1.82, 2.24) is 0 Å². The summed E-state index contributed by atoms with van der Waals surface area (Å²) in [6.07, 6.45) is -2.81. The van der Waals surface area contributed by atoms with E-state index in [0.717, 1.165) is 0 Å². The topological polar surface area (TPSA) is 241 Å². The zero-order valence-corrected chi connectivity index (χ0v) is 15.3. The van der Waals surface area contributed by atoms with E-state index in [1.54, 1.807) is 0 Å². The van der Waals surface area contributed by atoms with Gasteiger partial charge >= 0.3 is 75.5 Å². The van der Waals surface area contributed by atoms with Gasteiger partial charge in [0.15, 0.2) is 0 Å². The van der Waals surface area contributed by atoms with Gasteiger partial charge in [-0.25, -0.2) is 0 Å². The fraction of sp³-hybridized carbons (Fsp3) is 0.500. The number of carbonyl (C=O) groups is 4. The number of aliphatic carboxylic acids is 4. The fourth-order valence-electron chi connectivity index (χ4n) is 0.547. The Bertz CT molecular complexity index is 366. The number of hydrogen-bond acceptors (Lipinski definition) is 12. The van der Waals surface area contributed by atoms with E-state index >= 15 is 0 Å². The standard InChI is InChI=1S/2C4H6O6.2Ca/c2*5-2(6)1-4(9,10)3(7)8;;/h2*9-10H,1H2,(H,5,6)(H,7,8);;/q;;2*+2/p-4. The first-order valence-electron chi connectivity index (χ1n) is 4.44. The number of aliphatic hydroxyl groups is 4. The Labute approximate surface area is 182 Å². The van der Waals surface area contributed by atoms with Crippen molar-refractivity contribution in [2.24, 2.45) is 0 Å². The summed E-state index contributed by atoms with van der Waals surface area (Å²) in [5.74, 6) is -15.0. The molecule has 0 aromatic heterocycles. The molecule has 0 spiro atoms. The van der Waals surface area contributed by atoms with Crippen molar-refractivity contribution in [3.63, 3.8) is 0 Å². The predicted molar refractivity (Wildman–Crippen MR) is 55.1 cm³/mol. The third kappa shape index (κ3) is 15.1. The molecule has 0 aromatic carbocycles. The molecule has 0 saturated heterocycles. The Morgan fingerprint density at radius 1 is 0.636 bits per heavy atom. The van der Waals surface area contributed by atoms with Crippen molar-refractivity contribution in [3.05, 3.63) is 0 Å². The van der Waals surface area contributed by atoms with Gasteiger partial charge in [0.05, 0.1) is 0 Å². The smallest absolute Gasteiger partial charge is 0.550 e. The molecule has 4 N–H and O–H groups in total. The second kappa shape index (κ2) is 12.6. The number of carboxylic acid groups (broad SMARTS) is 4. The van der Waals surface area contributed by atoms with Gasteiger partial charge in [0.1, 0.15) is 11.9 Å². The Balaban J connectivity index is -0.000000135. The van der Waals surface area contributed by atoms with E-state index in [-0.39, 0.29) is 75.5 Å². The van der Waals surface area contributed by atoms with Gasteiger partial charge in [-0.3, -0.25) is 0 Å². The molecule has 0 rings (SSSR count). The van der Waals surface area contributed by atoms with Gasteiger partial charge in [-0.2, -0.15) is 0 Å². The third-order valence-corrected chi connectivity index (χ3v) is 1.44. The van der Waals surface area contributed by atoms with Gasteiger partial charge in [-0.15, -0.1) is 0 Å². The van der Waals surface area contributed by atoms with E-state index in [9.17, 15) is 39.6 Å². The summed E-state index contributed by atoms with van der Waals surface area (Å²) in [5.41, 5.74) is 0. The summed E-state index contributed by atoms with van der Waals surface area (Å²) in [6, 6.07) is 0. The molecule has 0 atom stereocenters. The van der Waals surface area contributed by atoms with Gasteiger partial charge in [-0.1, -0.05) is 0 Å². The van der Waals surface area contributed by atoms with Crippen molar-refractivity contribution in [3.8, 4) is 0 Å². The molecular formula is C8H8Ca2O12. The predicted octanol–water partition coefficient (Wildman–Crippen LogP) is -9.65. The maximum Gasteiger partial charge on any atom is 2.00 e. The van der Waals surface area contributed by atoms with Gasteiger partial charge < -0.3 is 60.0 Å². The molecule has 0 aliphatic heterocycles. The molecule has 0 radical (unpaired) electrons. The van der Waals surface area contributed by atoms with Crippen LogP contribution in [0.4, 0.5) is 0 Å². The van der Waals surface area contributed by atoms with Crippen LogP contribution >= 0.6 is 0 Å². The minimum atomic E-state index is -3.33. The molecule has 22 heavy (non-hydrogen) atoms. The average molecular weight is 376 g/mol. The molecule has 116 valence electrons. The summed E-state index contributed by atoms with van der Waals surface area (Å²) in [6.45, 7) is 0. The van der Waals surface area contributed by atoms with Crippen LogP contribution in [-0.2, 0) is 19.2 Å².